The van der Waals surface area contributed by atoms with Crippen molar-refractivity contribution in [3.05, 3.63) is 50.4 Å². The number of carbonyl (C=O) groups excluding carboxylic acids is 2. The predicted octanol–water partition coefficient (Wildman–Crippen LogP) is 1.55. The van der Waals surface area contributed by atoms with Crippen molar-refractivity contribution in [1.29, 1.82) is 0 Å². The van der Waals surface area contributed by atoms with E-state index in [0.717, 1.165) is 12.8 Å². The highest BCUT2D eigenvalue weighted by atomic mass is 16.5. The number of aromatic amines is 1. The second kappa shape index (κ2) is 10.4. The fourth-order valence-electron chi connectivity index (χ4n) is 2.90. The van der Waals surface area contributed by atoms with Crippen LogP contribution in [0.1, 0.15) is 60.4 Å². The number of pyridine rings is 1. The van der Waals surface area contributed by atoms with Gasteiger partial charge in [-0.3, -0.25) is 29.0 Å². The highest BCUT2D eigenvalue weighted by Gasteiger charge is 2.26. The number of nitrogens with one attached hydrogen (secondary N) is 1. The summed E-state index contributed by atoms with van der Waals surface area (Å²) in [5, 5.41) is 0. The maximum Gasteiger partial charge on any atom is 0.339 e. The van der Waals surface area contributed by atoms with Crippen molar-refractivity contribution in [2.45, 2.75) is 46.1 Å². The van der Waals surface area contributed by atoms with E-state index in [2.05, 4.69) is 14.7 Å². The van der Waals surface area contributed by atoms with Gasteiger partial charge in [-0.05, 0) is 25.0 Å². The molecule has 0 aliphatic rings. The summed E-state index contributed by atoms with van der Waals surface area (Å²) < 4.78 is 5.89. The number of unbranched alkanes of at least 4 members (excludes halogenated alkanes) is 2. The number of methoxy groups -OCH3 is 1. The zero-order chi connectivity index (χ0) is 22.3. The molecule has 0 aliphatic carbocycles. The molecule has 0 bridgehead atoms. The number of rotatable bonds is 9. The van der Waals surface area contributed by atoms with E-state index < -0.39 is 23.1 Å². The van der Waals surface area contributed by atoms with E-state index in [1.54, 1.807) is 0 Å². The van der Waals surface area contributed by atoms with Crippen LogP contribution in [0.4, 0.5) is 11.5 Å². The highest BCUT2D eigenvalue weighted by molar-refractivity contribution is 6.06. The first kappa shape index (κ1) is 22.9. The quantitative estimate of drug-likeness (QED) is 0.590. The Morgan fingerprint density at radius 2 is 1.90 bits per heavy atom. The fraction of sp³-hybridized carbons (Fsp3) is 0.450. The van der Waals surface area contributed by atoms with Gasteiger partial charge in [-0.1, -0.05) is 26.7 Å². The molecule has 0 aromatic carbocycles. The van der Waals surface area contributed by atoms with E-state index in [4.69, 9.17) is 5.73 Å². The molecular weight excluding hydrogens is 390 g/mol. The second-order valence-corrected chi connectivity index (χ2v) is 6.73. The van der Waals surface area contributed by atoms with Crippen LogP contribution in [0.25, 0.3) is 0 Å². The van der Waals surface area contributed by atoms with Crippen LogP contribution in [0.2, 0.25) is 0 Å². The summed E-state index contributed by atoms with van der Waals surface area (Å²) in [7, 11) is 1.25. The minimum absolute atomic E-state index is 0.0314. The van der Waals surface area contributed by atoms with E-state index in [0.29, 0.717) is 19.4 Å². The summed E-state index contributed by atoms with van der Waals surface area (Å²) >= 11 is 0. The Kier molecular flexibility index (Phi) is 7.90. The first-order valence-corrected chi connectivity index (χ1v) is 9.84. The number of hydrogen-bond acceptors (Lipinski definition) is 7. The van der Waals surface area contributed by atoms with Gasteiger partial charge in [0.05, 0.1) is 12.7 Å². The van der Waals surface area contributed by atoms with Gasteiger partial charge < -0.3 is 10.5 Å². The largest absolute Gasteiger partial charge is 0.465 e. The van der Waals surface area contributed by atoms with E-state index in [-0.39, 0.29) is 29.3 Å². The van der Waals surface area contributed by atoms with Gasteiger partial charge >= 0.3 is 11.7 Å². The van der Waals surface area contributed by atoms with Gasteiger partial charge in [-0.25, -0.2) is 9.59 Å². The molecule has 0 saturated carbocycles. The Labute approximate surface area is 173 Å². The fourth-order valence-corrected chi connectivity index (χ4v) is 2.90. The van der Waals surface area contributed by atoms with Crippen LogP contribution in [0.5, 0.6) is 0 Å². The van der Waals surface area contributed by atoms with E-state index in [1.165, 1.54) is 34.9 Å². The molecule has 0 spiro atoms. The molecule has 2 aromatic heterocycles. The summed E-state index contributed by atoms with van der Waals surface area (Å²) in [4.78, 5) is 57.1. The first-order chi connectivity index (χ1) is 14.3. The molecular formula is C20H27N5O5. The highest BCUT2D eigenvalue weighted by Crippen LogP contribution is 2.20. The van der Waals surface area contributed by atoms with E-state index in [1.807, 2.05) is 13.8 Å². The Morgan fingerprint density at radius 3 is 2.47 bits per heavy atom. The van der Waals surface area contributed by atoms with Crippen molar-refractivity contribution >= 4 is 23.4 Å². The molecule has 2 aromatic rings. The monoisotopic (exact) mass is 417 g/mol. The van der Waals surface area contributed by atoms with Gasteiger partial charge in [-0.15, -0.1) is 0 Å². The topological polar surface area (TPSA) is 140 Å². The lowest BCUT2D eigenvalue weighted by Crippen LogP contribution is -2.42. The van der Waals surface area contributed by atoms with Crippen molar-refractivity contribution in [2.75, 3.05) is 24.3 Å². The number of hydrogen-bond donors (Lipinski definition) is 2. The molecule has 1 amide bonds. The lowest BCUT2D eigenvalue weighted by molar-refractivity contribution is 0.0599. The molecule has 3 N–H and O–H groups in total. The van der Waals surface area contributed by atoms with Crippen molar-refractivity contribution in [2.24, 2.45) is 0 Å². The van der Waals surface area contributed by atoms with Crippen LogP contribution in [0.15, 0.2) is 27.9 Å². The van der Waals surface area contributed by atoms with Gasteiger partial charge in [0.1, 0.15) is 11.5 Å². The molecule has 0 unspecified atom stereocenters. The summed E-state index contributed by atoms with van der Waals surface area (Å²) in [6, 6.07) is 2.80. The normalized spacial score (nSPS) is 10.6. The average Bonchev–Trinajstić information content (AvgIpc) is 2.74. The van der Waals surface area contributed by atoms with Gasteiger partial charge in [0.25, 0.3) is 11.5 Å². The van der Waals surface area contributed by atoms with Crippen molar-refractivity contribution in [3.63, 3.8) is 0 Å². The molecule has 2 rings (SSSR count). The van der Waals surface area contributed by atoms with Crippen LogP contribution < -0.4 is 21.9 Å². The summed E-state index contributed by atoms with van der Waals surface area (Å²) in [6.45, 7) is 4.46. The van der Waals surface area contributed by atoms with Crippen LogP contribution in [-0.2, 0) is 11.3 Å². The summed E-state index contributed by atoms with van der Waals surface area (Å²) in [5.41, 5.74) is 4.96. The molecule has 30 heavy (non-hydrogen) atoms. The van der Waals surface area contributed by atoms with Crippen molar-refractivity contribution in [1.82, 2.24) is 14.5 Å². The van der Waals surface area contributed by atoms with Gasteiger partial charge in [0, 0.05) is 19.3 Å². The number of nitrogens with two attached hydrogens (primary N) is 1. The Morgan fingerprint density at radius 1 is 1.20 bits per heavy atom. The maximum atomic E-state index is 13.2. The first-order valence-electron chi connectivity index (χ1n) is 9.84. The Balaban J connectivity index is 2.52. The number of H-pyrrole nitrogens is 1. The molecule has 10 heteroatoms. The SMILES string of the molecule is CCCCN(C(=O)c1ccc(C(=O)OC)cn1)c1c(N)n(CCCC)c(=O)[nH]c1=O. The number of amides is 1. The van der Waals surface area contributed by atoms with Crippen LogP contribution in [0, 0.1) is 0 Å². The lowest BCUT2D eigenvalue weighted by atomic mass is 10.2. The molecule has 0 fully saturated rings. The molecule has 162 valence electrons. The maximum absolute atomic E-state index is 13.2. The molecule has 0 atom stereocenters. The number of nitrogen functional groups attached to an aromatic ring is 1. The van der Waals surface area contributed by atoms with Crippen LogP contribution in [0.3, 0.4) is 0 Å². The molecule has 0 saturated heterocycles. The third kappa shape index (κ3) is 4.94. The number of carbonyl (C=O) groups is 2. The number of ether oxygens (including phenoxy) is 1. The number of anilines is 2. The molecule has 10 nitrogen and oxygen atoms in total. The Hall–Kier alpha value is -3.43. The number of esters is 1. The van der Waals surface area contributed by atoms with Gasteiger partial charge in [0.15, 0.2) is 5.69 Å². The van der Waals surface area contributed by atoms with Gasteiger partial charge in [-0.2, -0.15) is 0 Å². The third-order valence-corrected chi connectivity index (χ3v) is 4.60. The van der Waals surface area contributed by atoms with Crippen LogP contribution in [-0.4, -0.2) is 40.1 Å². The number of nitrogens with zero attached hydrogens (tertiary/aromatic N) is 3. The zero-order valence-electron chi connectivity index (χ0n) is 17.4. The van der Waals surface area contributed by atoms with Crippen LogP contribution >= 0.6 is 0 Å². The molecule has 2 heterocycles. The summed E-state index contributed by atoms with van der Waals surface area (Å²) in [5.74, 6) is -1.20. The molecule has 0 aliphatic heterocycles. The minimum atomic E-state index is -0.735. The predicted molar refractivity (Wildman–Crippen MR) is 113 cm³/mol. The average molecular weight is 417 g/mol. The standard InChI is InChI=1S/C20H27N5O5/c1-4-6-10-24(18(27)14-9-8-13(12-22-14)19(28)30-3)15-16(21)25(11-7-5-2)20(29)23-17(15)26/h8-9,12H,4-7,10-11,21H2,1-3H3,(H,23,26,29). The minimum Gasteiger partial charge on any atom is -0.465 e. The molecule has 0 radical (unpaired) electrons. The third-order valence-electron chi connectivity index (χ3n) is 4.60. The number of aromatic nitrogens is 3. The van der Waals surface area contributed by atoms with Gasteiger partial charge in [0.2, 0.25) is 0 Å². The Bertz CT molecular complexity index is 1010. The second-order valence-electron chi connectivity index (χ2n) is 6.73. The van der Waals surface area contributed by atoms with E-state index >= 15 is 0 Å². The van der Waals surface area contributed by atoms with Crippen molar-refractivity contribution in [3.8, 4) is 0 Å². The van der Waals surface area contributed by atoms with E-state index in [9.17, 15) is 19.2 Å². The smallest absolute Gasteiger partial charge is 0.339 e. The lowest BCUT2D eigenvalue weighted by Gasteiger charge is -2.24. The summed E-state index contributed by atoms with van der Waals surface area (Å²) in [6.07, 6.45) is 4.13. The zero-order valence-corrected chi connectivity index (χ0v) is 17.4. The van der Waals surface area contributed by atoms with Crippen molar-refractivity contribution < 1.29 is 14.3 Å².